The van der Waals surface area contributed by atoms with Gasteiger partial charge in [-0.1, -0.05) is 0 Å². The molecule has 0 spiro atoms. The number of aliphatic hydroxyl groups is 1. The van der Waals surface area contributed by atoms with Gasteiger partial charge in [0, 0.05) is 5.39 Å². The first kappa shape index (κ1) is 11.5. The van der Waals surface area contributed by atoms with Gasteiger partial charge in [0.1, 0.15) is 5.75 Å². The summed E-state index contributed by atoms with van der Waals surface area (Å²) in [6, 6.07) is 6.12. The summed E-state index contributed by atoms with van der Waals surface area (Å²) in [6.07, 6.45) is 2.38. The lowest BCUT2D eigenvalue weighted by molar-refractivity contribution is 0.193. The minimum Gasteiger partial charge on any atom is -0.490 e. The maximum absolute atomic E-state index is 9.21. The third-order valence-corrected chi connectivity index (χ3v) is 3.56. The second-order valence-electron chi connectivity index (χ2n) is 5.03. The van der Waals surface area contributed by atoms with E-state index in [0.29, 0.717) is 6.10 Å². The first-order chi connectivity index (χ1) is 8.67. The molecule has 2 aromatic rings. The third-order valence-electron chi connectivity index (χ3n) is 3.56. The second kappa shape index (κ2) is 4.25. The molecule has 0 amide bonds. The van der Waals surface area contributed by atoms with Gasteiger partial charge >= 0.3 is 0 Å². The first-order valence-electron chi connectivity index (χ1n) is 6.38. The molecule has 18 heavy (non-hydrogen) atoms. The summed E-state index contributed by atoms with van der Waals surface area (Å²) in [5.74, 6) is 0.989. The minimum absolute atomic E-state index is 0.0125. The van der Waals surface area contributed by atoms with Crippen molar-refractivity contribution in [3.8, 4) is 5.75 Å². The van der Waals surface area contributed by atoms with Crippen LogP contribution in [0, 0.1) is 6.92 Å². The Labute approximate surface area is 106 Å². The highest BCUT2D eigenvalue weighted by Gasteiger charge is 2.17. The molecule has 3 nitrogen and oxygen atoms in total. The molecular weight excluding hydrogens is 226 g/mol. The first-order valence-corrected chi connectivity index (χ1v) is 6.38. The lowest BCUT2D eigenvalue weighted by Gasteiger charge is -2.24. The summed E-state index contributed by atoms with van der Waals surface area (Å²) < 4.78 is 5.87. The molecular formula is C15H17NO2. The van der Waals surface area contributed by atoms with Crippen LogP contribution in [0.15, 0.2) is 18.2 Å². The lowest BCUT2D eigenvalue weighted by atomic mass is 9.99. The van der Waals surface area contributed by atoms with Crippen molar-refractivity contribution in [2.75, 3.05) is 0 Å². The molecule has 0 aliphatic carbocycles. The highest BCUT2D eigenvalue weighted by atomic mass is 16.5. The molecule has 3 rings (SSSR count). The molecule has 1 aromatic heterocycles. The van der Waals surface area contributed by atoms with Gasteiger partial charge < -0.3 is 9.84 Å². The van der Waals surface area contributed by atoms with Crippen LogP contribution in [0.25, 0.3) is 10.9 Å². The van der Waals surface area contributed by atoms with Crippen LogP contribution in [0.4, 0.5) is 0 Å². The van der Waals surface area contributed by atoms with E-state index in [0.717, 1.165) is 40.8 Å². The number of rotatable bonds is 1. The van der Waals surface area contributed by atoms with E-state index in [1.165, 1.54) is 5.56 Å². The van der Waals surface area contributed by atoms with Gasteiger partial charge in [-0.2, -0.15) is 0 Å². The number of pyridine rings is 1. The summed E-state index contributed by atoms with van der Waals surface area (Å²) >= 11 is 0. The van der Waals surface area contributed by atoms with Gasteiger partial charge in [0.15, 0.2) is 0 Å². The predicted octanol–water partition coefficient (Wildman–Crippen LogP) is 2.75. The van der Waals surface area contributed by atoms with Crippen molar-refractivity contribution in [2.24, 2.45) is 0 Å². The molecule has 0 saturated heterocycles. The number of aliphatic hydroxyl groups excluding tert-OH is 1. The normalized spacial score (nSPS) is 18.5. The number of ether oxygens (including phenoxy) is 1. The standard InChI is InChI=1S/C15H17NO2/c1-9-5-12(8-17)16-14-6-11-4-3-10(2)18-15(11)7-13(9)14/h5-7,10,17H,3-4,8H2,1-2H3. The molecule has 0 saturated carbocycles. The van der Waals surface area contributed by atoms with Gasteiger partial charge in [0.2, 0.25) is 0 Å². The third kappa shape index (κ3) is 1.85. The molecule has 0 radical (unpaired) electrons. The highest BCUT2D eigenvalue weighted by Crippen LogP contribution is 2.32. The van der Waals surface area contributed by atoms with Crippen LogP contribution in [0.5, 0.6) is 5.75 Å². The van der Waals surface area contributed by atoms with Gasteiger partial charge in [-0.25, -0.2) is 0 Å². The van der Waals surface area contributed by atoms with E-state index in [4.69, 9.17) is 4.74 Å². The zero-order chi connectivity index (χ0) is 12.7. The molecule has 2 heterocycles. The number of aryl methyl sites for hydroxylation is 2. The number of benzene rings is 1. The summed E-state index contributed by atoms with van der Waals surface area (Å²) in [5.41, 5.74) is 4.04. The molecule has 0 fully saturated rings. The monoisotopic (exact) mass is 243 g/mol. The fraction of sp³-hybridized carbons (Fsp3) is 0.400. The van der Waals surface area contributed by atoms with E-state index in [1.54, 1.807) is 0 Å². The Hall–Kier alpha value is -1.61. The van der Waals surface area contributed by atoms with E-state index in [1.807, 2.05) is 13.0 Å². The van der Waals surface area contributed by atoms with Crippen LogP contribution in [-0.4, -0.2) is 16.2 Å². The minimum atomic E-state index is -0.0125. The molecule has 1 atom stereocenters. The van der Waals surface area contributed by atoms with Crippen LogP contribution < -0.4 is 4.74 Å². The zero-order valence-corrected chi connectivity index (χ0v) is 10.7. The predicted molar refractivity (Wildman–Crippen MR) is 70.8 cm³/mol. The Morgan fingerprint density at radius 3 is 3.00 bits per heavy atom. The molecule has 0 bridgehead atoms. The van der Waals surface area contributed by atoms with Crippen LogP contribution in [-0.2, 0) is 13.0 Å². The molecule has 1 N–H and O–H groups in total. The summed E-state index contributed by atoms with van der Waals surface area (Å²) in [5, 5.41) is 10.3. The number of aromatic nitrogens is 1. The quantitative estimate of drug-likeness (QED) is 0.837. The molecule has 1 unspecified atom stereocenters. The summed E-state index contributed by atoms with van der Waals surface area (Å²) in [6.45, 7) is 4.14. The van der Waals surface area contributed by atoms with Crippen molar-refractivity contribution < 1.29 is 9.84 Å². The van der Waals surface area contributed by atoms with Crippen LogP contribution >= 0.6 is 0 Å². The molecule has 94 valence electrons. The summed E-state index contributed by atoms with van der Waals surface area (Å²) in [7, 11) is 0. The maximum Gasteiger partial charge on any atom is 0.123 e. The van der Waals surface area contributed by atoms with E-state index in [9.17, 15) is 5.11 Å². The van der Waals surface area contributed by atoms with Gasteiger partial charge in [-0.3, -0.25) is 4.98 Å². The highest BCUT2D eigenvalue weighted by molar-refractivity contribution is 5.85. The van der Waals surface area contributed by atoms with E-state index < -0.39 is 0 Å². The van der Waals surface area contributed by atoms with Crippen LogP contribution in [0.2, 0.25) is 0 Å². The van der Waals surface area contributed by atoms with E-state index >= 15 is 0 Å². The molecule has 1 aliphatic heterocycles. The Kier molecular flexibility index (Phi) is 2.71. The Bertz CT molecular complexity index is 607. The van der Waals surface area contributed by atoms with E-state index in [2.05, 4.69) is 24.0 Å². The topological polar surface area (TPSA) is 42.4 Å². The maximum atomic E-state index is 9.21. The fourth-order valence-corrected chi connectivity index (χ4v) is 2.56. The average Bonchev–Trinajstić information content (AvgIpc) is 2.37. The smallest absolute Gasteiger partial charge is 0.123 e. The Morgan fingerprint density at radius 1 is 1.39 bits per heavy atom. The van der Waals surface area contributed by atoms with Gasteiger partial charge in [-0.15, -0.1) is 0 Å². The van der Waals surface area contributed by atoms with Gasteiger partial charge in [0.25, 0.3) is 0 Å². The number of fused-ring (bicyclic) bond motifs is 2. The number of nitrogens with zero attached hydrogens (tertiary/aromatic N) is 1. The van der Waals surface area contributed by atoms with Gasteiger partial charge in [-0.05, 0) is 56.0 Å². The SMILES string of the molecule is Cc1cc(CO)nc2cc3c(cc12)OC(C)CC3. The molecule has 1 aliphatic rings. The van der Waals surface area contributed by atoms with Crippen molar-refractivity contribution in [3.63, 3.8) is 0 Å². The largest absolute Gasteiger partial charge is 0.490 e. The van der Waals surface area contributed by atoms with Crippen LogP contribution in [0.1, 0.15) is 30.2 Å². The van der Waals surface area contributed by atoms with Crippen molar-refractivity contribution in [1.82, 2.24) is 4.98 Å². The molecule has 3 heteroatoms. The van der Waals surface area contributed by atoms with Crippen LogP contribution in [0.3, 0.4) is 0 Å². The Balaban J connectivity index is 2.21. The van der Waals surface area contributed by atoms with Crippen molar-refractivity contribution in [3.05, 3.63) is 35.0 Å². The fourth-order valence-electron chi connectivity index (χ4n) is 2.56. The number of hydrogen-bond donors (Lipinski definition) is 1. The summed E-state index contributed by atoms with van der Waals surface area (Å²) in [4.78, 5) is 4.48. The Morgan fingerprint density at radius 2 is 2.22 bits per heavy atom. The van der Waals surface area contributed by atoms with E-state index in [-0.39, 0.29) is 6.61 Å². The number of hydrogen-bond acceptors (Lipinski definition) is 3. The second-order valence-corrected chi connectivity index (χ2v) is 5.03. The zero-order valence-electron chi connectivity index (χ0n) is 10.7. The lowest BCUT2D eigenvalue weighted by Crippen LogP contribution is -2.18. The van der Waals surface area contributed by atoms with Crippen molar-refractivity contribution in [2.45, 2.75) is 39.4 Å². The molecule has 1 aromatic carbocycles. The van der Waals surface area contributed by atoms with Crippen molar-refractivity contribution in [1.29, 1.82) is 0 Å². The average molecular weight is 243 g/mol. The van der Waals surface area contributed by atoms with Gasteiger partial charge in [0.05, 0.1) is 23.9 Å². The van der Waals surface area contributed by atoms with Crippen molar-refractivity contribution >= 4 is 10.9 Å².